The fourth-order valence-corrected chi connectivity index (χ4v) is 3.99. The number of methoxy groups -OCH3 is 1. The van der Waals surface area contributed by atoms with E-state index in [2.05, 4.69) is 20.6 Å². The standard InChI is InChI=1S/C23H16Cl2F3N5O3.ClH/c1-36-12-8-9-17(29-10-12)31-18(34)11-33-16-7-3-6-15(20(16)32-22(33)23(26,27)28)30-21(35)19-13(24)4-2-5-14(19)25;/h2-10H,11H2,1H3,(H,30,35)(H,29,31,34);1H. The van der Waals surface area contributed by atoms with Gasteiger partial charge in [-0.15, -0.1) is 12.4 Å². The highest BCUT2D eigenvalue weighted by Crippen LogP contribution is 2.34. The van der Waals surface area contributed by atoms with E-state index in [4.69, 9.17) is 27.9 Å². The summed E-state index contributed by atoms with van der Waals surface area (Å²) in [6.07, 6.45) is -3.53. The molecule has 4 rings (SSSR count). The van der Waals surface area contributed by atoms with E-state index < -0.39 is 30.4 Å². The van der Waals surface area contributed by atoms with Crippen molar-refractivity contribution in [3.05, 3.63) is 76.2 Å². The minimum absolute atomic E-state index is 0. The fraction of sp³-hybridized carbons (Fsp3) is 0.130. The monoisotopic (exact) mass is 573 g/mol. The zero-order valence-corrected chi connectivity index (χ0v) is 21.1. The van der Waals surface area contributed by atoms with Crippen molar-refractivity contribution in [2.45, 2.75) is 12.7 Å². The number of imidazole rings is 1. The van der Waals surface area contributed by atoms with Gasteiger partial charge in [0.25, 0.3) is 5.91 Å². The fourth-order valence-electron chi connectivity index (χ4n) is 3.42. The molecule has 0 radical (unpaired) electrons. The summed E-state index contributed by atoms with van der Waals surface area (Å²) in [5, 5.41) is 5.07. The second kappa shape index (κ2) is 11.2. The number of pyridine rings is 1. The largest absolute Gasteiger partial charge is 0.495 e. The number of nitrogens with one attached hydrogen (secondary N) is 2. The zero-order chi connectivity index (χ0) is 26.0. The van der Waals surface area contributed by atoms with Gasteiger partial charge in [-0.25, -0.2) is 9.97 Å². The third-order valence-corrected chi connectivity index (χ3v) is 5.64. The van der Waals surface area contributed by atoms with Crippen LogP contribution in [0.3, 0.4) is 0 Å². The van der Waals surface area contributed by atoms with Crippen LogP contribution in [0.5, 0.6) is 5.75 Å². The minimum atomic E-state index is -4.88. The van der Waals surface area contributed by atoms with Gasteiger partial charge in [-0.2, -0.15) is 13.2 Å². The maximum Gasteiger partial charge on any atom is 0.449 e. The third-order valence-electron chi connectivity index (χ3n) is 5.01. The summed E-state index contributed by atoms with van der Waals surface area (Å²) >= 11 is 12.1. The predicted octanol–water partition coefficient (Wildman–Crippen LogP) is 6.08. The molecule has 0 fully saturated rings. The number of alkyl halides is 3. The summed E-state index contributed by atoms with van der Waals surface area (Å²) in [5.41, 5.74) is -0.255. The van der Waals surface area contributed by atoms with Gasteiger partial charge in [0, 0.05) is 0 Å². The van der Waals surface area contributed by atoms with Gasteiger partial charge in [-0.05, 0) is 36.4 Å². The first-order valence-corrected chi connectivity index (χ1v) is 11.0. The Morgan fingerprint density at radius 2 is 1.70 bits per heavy atom. The molecule has 37 heavy (non-hydrogen) atoms. The van der Waals surface area contributed by atoms with Crippen LogP contribution in [-0.2, 0) is 17.5 Å². The molecule has 2 aromatic heterocycles. The van der Waals surface area contributed by atoms with Gasteiger partial charge < -0.3 is 19.9 Å². The van der Waals surface area contributed by atoms with Crippen LogP contribution in [0.2, 0.25) is 10.0 Å². The molecule has 0 saturated heterocycles. The highest BCUT2D eigenvalue weighted by molar-refractivity contribution is 6.40. The Balaban J connectivity index is 0.00000380. The number of amides is 2. The number of hydrogen-bond acceptors (Lipinski definition) is 5. The summed E-state index contributed by atoms with van der Waals surface area (Å²) in [7, 11) is 1.44. The van der Waals surface area contributed by atoms with Gasteiger partial charge in [0.15, 0.2) is 0 Å². The van der Waals surface area contributed by atoms with Crippen LogP contribution < -0.4 is 15.4 Å². The summed E-state index contributed by atoms with van der Waals surface area (Å²) < 4.78 is 47.2. The topological polar surface area (TPSA) is 98.1 Å². The first-order valence-electron chi connectivity index (χ1n) is 10.2. The maximum absolute atomic E-state index is 13.8. The lowest BCUT2D eigenvalue weighted by molar-refractivity contribution is -0.147. The number of carbonyl (C=O) groups excluding carboxylic acids is 2. The quantitative estimate of drug-likeness (QED) is 0.291. The lowest BCUT2D eigenvalue weighted by Crippen LogP contribution is -2.23. The summed E-state index contributed by atoms with van der Waals surface area (Å²) in [6, 6.07) is 11.6. The van der Waals surface area contributed by atoms with Crippen molar-refractivity contribution in [2.24, 2.45) is 0 Å². The normalized spacial score (nSPS) is 11.1. The number of halogens is 6. The van der Waals surface area contributed by atoms with Crippen LogP contribution >= 0.6 is 35.6 Å². The van der Waals surface area contributed by atoms with Crippen molar-refractivity contribution in [3.63, 3.8) is 0 Å². The second-order valence-corrected chi connectivity index (χ2v) is 8.19. The molecular formula is C23H17Cl3F3N5O3. The number of ether oxygens (including phenoxy) is 1. The smallest absolute Gasteiger partial charge is 0.449 e. The zero-order valence-electron chi connectivity index (χ0n) is 18.8. The number of aromatic nitrogens is 3. The second-order valence-electron chi connectivity index (χ2n) is 7.37. The van der Waals surface area contributed by atoms with Crippen LogP contribution in [0.1, 0.15) is 16.2 Å². The van der Waals surface area contributed by atoms with Gasteiger partial charge >= 0.3 is 6.18 Å². The van der Waals surface area contributed by atoms with Crippen molar-refractivity contribution in [2.75, 3.05) is 17.7 Å². The lowest BCUT2D eigenvalue weighted by atomic mass is 10.2. The Kier molecular flexibility index (Phi) is 8.52. The van der Waals surface area contributed by atoms with Gasteiger partial charge in [0.1, 0.15) is 23.6 Å². The molecule has 0 unspecified atom stereocenters. The molecule has 14 heteroatoms. The summed E-state index contributed by atoms with van der Waals surface area (Å²) in [4.78, 5) is 33.1. The summed E-state index contributed by atoms with van der Waals surface area (Å²) in [5.74, 6) is -2.24. The molecule has 2 N–H and O–H groups in total. The van der Waals surface area contributed by atoms with E-state index in [1.54, 1.807) is 6.07 Å². The molecule has 2 aromatic carbocycles. The molecule has 0 spiro atoms. The Morgan fingerprint density at radius 3 is 2.30 bits per heavy atom. The van der Waals surface area contributed by atoms with E-state index in [1.165, 1.54) is 55.8 Å². The van der Waals surface area contributed by atoms with E-state index >= 15 is 0 Å². The van der Waals surface area contributed by atoms with Crippen molar-refractivity contribution >= 4 is 70.0 Å². The first-order chi connectivity index (χ1) is 17.1. The van der Waals surface area contributed by atoms with E-state index in [-0.39, 0.29) is 50.6 Å². The average molecular weight is 575 g/mol. The molecule has 0 bridgehead atoms. The van der Waals surface area contributed by atoms with Crippen LogP contribution in [0.4, 0.5) is 24.7 Å². The molecule has 0 saturated carbocycles. The maximum atomic E-state index is 13.8. The Morgan fingerprint density at radius 1 is 1.03 bits per heavy atom. The van der Waals surface area contributed by atoms with Crippen LogP contribution in [0, 0.1) is 0 Å². The number of carbonyl (C=O) groups is 2. The van der Waals surface area contributed by atoms with Gasteiger partial charge in [-0.3, -0.25) is 9.59 Å². The van der Waals surface area contributed by atoms with E-state index in [0.29, 0.717) is 10.3 Å². The van der Waals surface area contributed by atoms with E-state index in [1.807, 2.05) is 0 Å². The van der Waals surface area contributed by atoms with E-state index in [9.17, 15) is 22.8 Å². The minimum Gasteiger partial charge on any atom is -0.495 e. The van der Waals surface area contributed by atoms with Crippen molar-refractivity contribution in [1.29, 1.82) is 0 Å². The first kappa shape index (κ1) is 28.0. The molecule has 2 heterocycles. The SMILES string of the molecule is COc1ccc(NC(=O)Cn2c(C(F)(F)F)nc3c(NC(=O)c4c(Cl)cccc4Cl)cccc32)nc1.Cl. The van der Waals surface area contributed by atoms with Crippen molar-refractivity contribution < 1.29 is 27.5 Å². The number of para-hydroxylation sites is 1. The number of nitrogens with zero attached hydrogens (tertiary/aromatic N) is 3. The summed E-state index contributed by atoms with van der Waals surface area (Å²) in [6.45, 7) is -0.715. The van der Waals surface area contributed by atoms with Crippen LogP contribution in [-0.4, -0.2) is 33.5 Å². The van der Waals surface area contributed by atoms with Gasteiger partial charge in [-0.1, -0.05) is 35.3 Å². The van der Waals surface area contributed by atoms with Crippen molar-refractivity contribution in [3.8, 4) is 5.75 Å². The molecular weight excluding hydrogens is 558 g/mol. The number of anilines is 2. The van der Waals surface area contributed by atoms with Crippen LogP contribution in [0.25, 0.3) is 11.0 Å². The molecule has 8 nitrogen and oxygen atoms in total. The molecule has 0 atom stereocenters. The highest BCUT2D eigenvalue weighted by Gasteiger charge is 2.38. The molecule has 2 amide bonds. The number of fused-ring (bicyclic) bond motifs is 1. The average Bonchev–Trinajstić information content (AvgIpc) is 3.19. The molecule has 0 aliphatic carbocycles. The third kappa shape index (κ3) is 6.07. The van der Waals surface area contributed by atoms with Crippen LogP contribution in [0.15, 0.2) is 54.7 Å². The Labute approximate surface area is 224 Å². The van der Waals surface area contributed by atoms with Gasteiger partial charge in [0.2, 0.25) is 11.7 Å². The Hall–Kier alpha value is -3.54. The predicted molar refractivity (Wildman–Crippen MR) is 136 cm³/mol. The Bertz CT molecular complexity index is 1440. The molecule has 0 aliphatic heterocycles. The highest BCUT2D eigenvalue weighted by atomic mass is 35.5. The lowest BCUT2D eigenvalue weighted by Gasteiger charge is -2.12. The number of rotatable bonds is 6. The number of hydrogen-bond donors (Lipinski definition) is 2. The number of benzene rings is 2. The van der Waals surface area contributed by atoms with Gasteiger partial charge in [0.05, 0.1) is 40.1 Å². The molecule has 194 valence electrons. The molecule has 4 aromatic rings. The van der Waals surface area contributed by atoms with E-state index in [0.717, 1.165) is 0 Å². The van der Waals surface area contributed by atoms with Crippen molar-refractivity contribution in [1.82, 2.24) is 14.5 Å². The molecule has 0 aliphatic rings.